The van der Waals surface area contributed by atoms with Gasteiger partial charge in [-0.05, 0) is 42.3 Å². The van der Waals surface area contributed by atoms with Crippen molar-refractivity contribution in [2.75, 3.05) is 11.1 Å². The Morgan fingerprint density at radius 1 is 1.22 bits per heavy atom. The van der Waals surface area contributed by atoms with E-state index in [1.54, 1.807) is 13.0 Å². The summed E-state index contributed by atoms with van der Waals surface area (Å²) in [7, 11) is 0. The molecular formula is C15H14FNS. The second-order valence-corrected chi connectivity index (χ2v) is 5.57. The maximum Gasteiger partial charge on any atom is 0.126 e. The van der Waals surface area contributed by atoms with E-state index in [1.807, 2.05) is 17.8 Å². The second kappa shape index (κ2) is 4.65. The molecule has 0 fully saturated rings. The summed E-state index contributed by atoms with van der Waals surface area (Å²) < 4.78 is 13.2. The first-order valence-electron chi connectivity index (χ1n) is 5.98. The molecule has 92 valence electrons. The number of halogens is 1. The molecule has 1 nitrogen and oxygen atoms in total. The van der Waals surface area contributed by atoms with Crippen molar-refractivity contribution in [1.82, 2.24) is 0 Å². The minimum absolute atomic E-state index is 0.151. The van der Waals surface area contributed by atoms with Crippen LogP contribution in [-0.4, -0.2) is 5.75 Å². The Bertz CT molecular complexity index is 582. The Morgan fingerprint density at radius 3 is 2.89 bits per heavy atom. The minimum atomic E-state index is -0.151. The van der Waals surface area contributed by atoms with Gasteiger partial charge in [-0.15, -0.1) is 11.8 Å². The maximum absolute atomic E-state index is 13.2. The van der Waals surface area contributed by atoms with E-state index >= 15 is 0 Å². The molecule has 1 aliphatic heterocycles. The lowest BCUT2D eigenvalue weighted by molar-refractivity contribution is 0.618. The summed E-state index contributed by atoms with van der Waals surface area (Å²) in [5.74, 6) is 0.872. The maximum atomic E-state index is 13.2. The highest BCUT2D eigenvalue weighted by Crippen LogP contribution is 2.39. The molecule has 18 heavy (non-hydrogen) atoms. The van der Waals surface area contributed by atoms with Crippen LogP contribution in [0.2, 0.25) is 0 Å². The third-order valence-electron chi connectivity index (χ3n) is 3.20. The quantitative estimate of drug-likeness (QED) is 0.858. The minimum Gasteiger partial charge on any atom is -0.377 e. The van der Waals surface area contributed by atoms with Crippen molar-refractivity contribution in [3.05, 3.63) is 59.4 Å². The van der Waals surface area contributed by atoms with Crippen molar-refractivity contribution in [2.45, 2.75) is 17.9 Å². The van der Waals surface area contributed by atoms with Crippen LogP contribution in [0.5, 0.6) is 0 Å². The fourth-order valence-corrected chi connectivity index (χ4v) is 3.38. The van der Waals surface area contributed by atoms with E-state index in [4.69, 9.17) is 0 Å². The monoisotopic (exact) mass is 259 g/mol. The molecule has 1 atom stereocenters. The van der Waals surface area contributed by atoms with Gasteiger partial charge in [-0.3, -0.25) is 0 Å². The van der Waals surface area contributed by atoms with E-state index < -0.39 is 0 Å². The van der Waals surface area contributed by atoms with Crippen molar-refractivity contribution in [3.8, 4) is 0 Å². The molecule has 3 rings (SSSR count). The third-order valence-corrected chi connectivity index (χ3v) is 4.38. The third kappa shape index (κ3) is 2.10. The normalized spacial score (nSPS) is 17.6. The standard InChI is InChI=1S/C15H14FNS/c1-10-8-11(6-7-13(10)16)17-14-9-18-15-5-3-2-4-12(14)15/h2-8,14,17H,9H2,1H3. The van der Waals surface area contributed by atoms with Crippen LogP contribution in [0.3, 0.4) is 0 Å². The van der Waals surface area contributed by atoms with Gasteiger partial charge in [0.25, 0.3) is 0 Å². The summed E-state index contributed by atoms with van der Waals surface area (Å²) in [5.41, 5.74) is 3.00. The summed E-state index contributed by atoms with van der Waals surface area (Å²) in [6, 6.07) is 13.9. The van der Waals surface area contributed by atoms with Gasteiger partial charge in [0.15, 0.2) is 0 Å². The van der Waals surface area contributed by atoms with Crippen LogP contribution in [0.4, 0.5) is 10.1 Å². The molecule has 0 amide bonds. The smallest absolute Gasteiger partial charge is 0.126 e. The van der Waals surface area contributed by atoms with E-state index in [2.05, 4.69) is 29.6 Å². The number of rotatable bonds is 2. The van der Waals surface area contributed by atoms with Crippen LogP contribution in [0, 0.1) is 12.7 Å². The number of anilines is 1. The molecule has 0 saturated carbocycles. The van der Waals surface area contributed by atoms with Gasteiger partial charge in [0.2, 0.25) is 0 Å². The molecule has 0 spiro atoms. The van der Waals surface area contributed by atoms with Crippen LogP contribution < -0.4 is 5.32 Å². The number of thioether (sulfide) groups is 1. The van der Waals surface area contributed by atoms with Crippen LogP contribution in [0.25, 0.3) is 0 Å². The molecule has 1 aliphatic rings. The highest BCUT2D eigenvalue weighted by atomic mass is 32.2. The lowest BCUT2D eigenvalue weighted by Gasteiger charge is -2.15. The van der Waals surface area contributed by atoms with Gasteiger partial charge < -0.3 is 5.32 Å². The molecule has 1 heterocycles. The summed E-state index contributed by atoms with van der Waals surface area (Å²) >= 11 is 1.87. The van der Waals surface area contributed by atoms with E-state index in [-0.39, 0.29) is 5.82 Å². The van der Waals surface area contributed by atoms with E-state index in [0.29, 0.717) is 11.6 Å². The van der Waals surface area contributed by atoms with E-state index in [9.17, 15) is 4.39 Å². The zero-order valence-corrected chi connectivity index (χ0v) is 10.9. The number of nitrogens with one attached hydrogen (secondary N) is 1. The Hall–Kier alpha value is -1.48. The lowest BCUT2D eigenvalue weighted by Crippen LogP contribution is -2.09. The Balaban J connectivity index is 1.84. The predicted octanol–water partition coefficient (Wildman–Crippen LogP) is 4.39. The summed E-state index contributed by atoms with van der Waals surface area (Å²) in [5, 5.41) is 3.48. The first-order chi connectivity index (χ1) is 8.74. The highest BCUT2D eigenvalue weighted by molar-refractivity contribution is 7.99. The van der Waals surface area contributed by atoms with Gasteiger partial charge in [-0.2, -0.15) is 0 Å². The number of fused-ring (bicyclic) bond motifs is 1. The molecule has 0 saturated heterocycles. The zero-order chi connectivity index (χ0) is 12.5. The fourth-order valence-electron chi connectivity index (χ4n) is 2.22. The average Bonchev–Trinajstić information content (AvgIpc) is 2.78. The molecule has 0 aliphatic carbocycles. The van der Waals surface area contributed by atoms with Crippen LogP contribution in [0.1, 0.15) is 17.2 Å². The first kappa shape index (κ1) is 11.6. The van der Waals surface area contributed by atoms with Crippen molar-refractivity contribution < 1.29 is 4.39 Å². The van der Waals surface area contributed by atoms with Crippen molar-refractivity contribution in [2.24, 2.45) is 0 Å². The first-order valence-corrected chi connectivity index (χ1v) is 6.97. The Morgan fingerprint density at radius 2 is 2.06 bits per heavy atom. The molecule has 2 aromatic carbocycles. The number of hydrogen-bond acceptors (Lipinski definition) is 2. The molecule has 0 bridgehead atoms. The van der Waals surface area contributed by atoms with Crippen molar-refractivity contribution in [1.29, 1.82) is 0 Å². The molecule has 2 aromatic rings. The molecule has 3 heteroatoms. The SMILES string of the molecule is Cc1cc(NC2CSc3ccccc32)ccc1F. The van der Waals surface area contributed by atoms with Crippen molar-refractivity contribution in [3.63, 3.8) is 0 Å². The Kier molecular flexibility index (Phi) is 3.00. The van der Waals surface area contributed by atoms with Gasteiger partial charge in [0.1, 0.15) is 5.82 Å². The summed E-state index contributed by atoms with van der Waals surface area (Å²) in [6.07, 6.45) is 0. The van der Waals surface area contributed by atoms with E-state index in [1.165, 1.54) is 16.5 Å². The van der Waals surface area contributed by atoms with Gasteiger partial charge in [0.05, 0.1) is 6.04 Å². The van der Waals surface area contributed by atoms with Crippen LogP contribution >= 0.6 is 11.8 Å². The van der Waals surface area contributed by atoms with Crippen LogP contribution in [0.15, 0.2) is 47.4 Å². The largest absolute Gasteiger partial charge is 0.377 e. The fraction of sp³-hybridized carbons (Fsp3) is 0.200. The topological polar surface area (TPSA) is 12.0 Å². The number of aryl methyl sites for hydroxylation is 1. The molecule has 0 radical (unpaired) electrons. The lowest BCUT2D eigenvalue weighted by atomic mass is 10.1. The van der Waals surface area contributed by atoms with Gasteiger partial charge in [-0.25, -0.2) is 4.39 Å². The number of hydrogen-bond donors (Lipinski definition) is 1. The second-order valence-electron chi connectivity index (χ2n) is 4.51. The molecule has 0 aromatic heterocycles. The van der Waals surface area contributed by atoms with E-state index in [0.717, 1.165) is 11.4 Å². The molecule has 1 unspecified atom stereocenters. The van der Waals surface area contributed by atoms with Gasteiger partial charge in [0, 0.05) is 16.3 Å². The average molecular weight is 259 g/mol. The predicted molar refractivity (Wildman–Crippen MR) is 74.7 cm³/mol. The zero-order valence-electron chi connectivity index (χ0n) is 10.1. The summed E-state index contributed by atoms with van der Waals surface area (Å²) in [4.78, 5) is 1.34. The molecular weight excluding hydrogens is 245 g/mol. The van der Waals surface area contributed by atoms with Crippen LogP contribution in [-0.2, 0) is 0 Å². The van der Waals surface area contributed by atoms with Gasteiger partial charge in [-0.1, -0.05) is 18.2 Å². The number of benzene rings is 2. The summed E-state index contributed by atoms with van der Waals surface area (Å²) in [6.45, 7) is 1.79. The van der Waals surface area contributed by atoms with Gasteiger partial charge >= 0.3 is 0 Å². The van der Waals surface area contributed by atoms with Crippen molar-refractivity contribution >= 4 is 17.4 Å². The Labute approximate surface area is 110 Å². The molecule has 1 N–H and O–H groups in total. The highest BCUT2D eigenvalue weighted by Gasteiger charge is 2.22.